The number of nitrogens with zero attached hydrogens (tertiary/aromatic N) is 2. The van der Waals surface area contributed by atoms with Gasteiger partial charge >= 0.3 is 5.97 Å². The maximum atomic E-state index is 12.4. The molecule has 3 aromatic rings. The molecule has 1 aromatic carbocycles. The Hall–Kier alpha value is -2.49. The monoisotopic (exact) mass is 403 g/mol. The number of thiophene rings is 1. The minimum absolute atomic E-state index is 0.0223. The van der Waals surface area contributed by atoms with Gasteiger partial charge in [-0.3, -0.25) is 0 Å². The van der Waals surface area contributed by atoms with Crippen molar-refractivity contribution in [3.05, 3.63) is 51.8 Å². The van der Waals surface area contributed by atoms with Crippen LogP contribution in [0.4, 0.5) is 0 Å². The van der Waals surface area contributed by atoms with Crippen LogP contribution < -0.4 is 5.14 Å². The highest BCUT2D eigenvalue weighted by atomic mass is 32.2. The highest BCUT2D eigenvalue weighted by molar-refractivity contribution is 7.89. The standard InChI is InChI=1S/C18H17N3O4S2/c1-2-25-18(22)16-14-7-8-15-13(9-10-26-15)17(14)21(20-16)11-3-5-12(6-4-11)27(19,23)24/h3-6,9-10H,2,7-8H2,1H3,(H2,19,23,24). The number of sulfonamides is 1. The number of benzene rings is 1. The first kappa shape index (κ1) is 17.9. The Morgan fingerprint density at radius 1 is 1.26 bits per heavy atom. The summed E-state index contributed by atoms with van der Waals surface area (Å²) < 4.78 is 29.9. The Balaban J connectivity index is 1.90. The van der Waals surface area contributed by atoms with Crippen LogP contribution in [-0.2, 0) is 27.6 Å². The molecular formula is C18H17N3O4S2. The lowest BCUT2D eigenvalue weighted by atomic mass is 9.94. The molecule has 0 radical (unpaired) electrons. The second kappa shape index (κ2) is 6.59. The number of ether oxygens (including phenoxy) is 1. The minimum atomic E-state index is -3.78. The van der Waals surface area contributed by atoms with Crippen LogP contribution in [0.3, 0.4) is 0 Å². The molecule has 1 aliphatic carbocycles. The van der Waals surface area contributed by atoms with Crippen LogP contribution >= 0.6 is 11.3 Å². The summed E-state index contributed by atoms with van der Waals surface area (Å²) in [5.41, 5.74) is 3.70. The van der Waals surface area contributed by atoms with Crippen molar-refractivity contribution < 1.29 is 17.9 Å². The van der Waals surface area contributed by atoms with Gasteiger partial charge in [0.1, 0.15) is 0 Å². The van der Waals surface area contributed by atoms with Crippen LogP contribution in [0.2, 0.25) is 0 Å². The van der Waals surface area contributed by atoms with E-state index in [2.05, 4.69) is 5.10 Å². The largest absolute Gasteiger partial charge is 0.461 e. The summed E-state index contributed by atoms with van der Waals surface area (Å²) in [4.78, 5) is 13.7. The van der Waals surface area contributed by atoms with E-state index < -0.39 is 16.0 Å². The Bertz CT molecular complexity index is 1130. The number of nitrogens with two attached hydrogens (primary N) is 1. The minimum Gasteiger partial charge on any atom is -0.461 e. The third-order valence-corrected chi connectivity index (χ3v) is 6.37. The van der Waals surface area contributed by atoms with Crippen molar-refractivity contribution in [3.8, 4) is 16.9 Å². The molecule has 140 valence electrons. The number of carbonyl (C=O) groups is 1. The summed E-state index contributed by atoms with van der Waals surface area (Å²) in [6, 6.07) is 8.13. The molecule has 2 N–H and O–H groups in total. The van der Waals surface area contributed by atoms with Gasteiger partial charge in [0, 0.05) is 16.0 Å². The molecule has 2 heterocycles. The number of fused-ring (bicyclic) bond motifs is 3. The number of primary sulfonamides is 1. The number of rotatable bonds is 4. The lowest BCUT2D eigenvalue weighted by Gasteiger charge is -2.15. The van der Waals surface area contributed by atoms with Gasteiger partial charge in [0.15, 0.2) is 5.69 Å². The maximum Gasteiger partial charge on any atom is 0.359 e. The quantitative estimate of drug-likeness (QED) is 0.674. The molecule has 0 atom stereocenters. The Morgan fingerprint density at radius 3 is 2.67 bits per heavy atom. The van der Waals surface area contributed by atoms with Crippen molar-refractivity contribution in [1.29, 1.82) is 0 Å². The molecule has 9 heteroatoms. The molecule has 0 bridgehead atoms. The SMILES string of the molecule is CCOC(=O)c1nn(-c2ccc(S(N)(=O)=O)cc2)c2c1CCc1sccc1-2. The molecule has 0 aliphatic heterocycles. The van der Waals surface area contributed by atoms with Crippen LogP contribution in [0, 0.1) is 0 Å². The van der Waals surface area contributed by atoms with E-state index in [9.17, 15) is 13.2 Å². The van der Waals surface area contributed by atoms with Gasteiger partial charge in [-0.05, 0) is 55.5 Å². The van der Waals surface area contributed by atoms with E-state index >= 15 is 0 Å². The van der Waals surface area contributed by atoms with E-state index in [1.807, 2.05) is 11.4 Å². The van der Waals surface area contributed by atoms with Crippen LogP contribution in [0.25, 0.3) is 16.9 Å². The molecule has 0 fully saturated rings. The van der Waals surface area contributed by atoms with Crippen molar-refractivity contribution in [1.82, 2.24) is 9.78 Å². The average Bonchev–Trinajstić information content (AvgIpc) is 3.25. The van der Waals surface area contributed by atoms with Crippen molar-refractivity contribution in [2.24, 2.45) is 5.14 Å². The van der Waals surface area contributed by atoms with Crippen molar-refractivity contribution in [2.45, 2.75) is 24.7 Å². The van der Waals surface area contributed by atoms with Crippen molar-refractivity contribution in [2.75, 3.05) is 6.61 Å². The summed E-state index contributed by atoms with van der Waals surface area (Å²) >= 11 is 1.67. The summed E-state index contributed by atoms with van der Waals surface area (Å²) in [7, 11) is -3.78. The fraction of sp³-hybridized carbons (Fsp3) is 0.222. The number of carbonyl (C=O) groups excluding carboxylic acids is 1. The maximum absolute atomic E-state index is 12.4. The summed E-state index contributed by atoms with van der Waals surface area (Å²) in [5.74, 6) is -0.452. The zero-order valence-electron chi connectivity index (χ0n) is 14.5. The van der Waals surface area contributed by atoms with Crippen molar-refractivity contribution >= 4 is 27.3 Å². The number of hydrogen-bond donors (Lipinski definition) is 1. The van der Waals surface area contributed by atoms with E-state index in [1.165, 1.54) is 17.0 Å². The van der Waals surface area contributed by atoms with Crippen molar-refractivity contribution in [3.63, 3.8) is 0 Å². The van der Waals surface area contributed by atoms with Crippen LogP contribution in [-0.4, -0.2) is 30.8 Å². The van der Waals surface area contributed by atoms with Crippen LogP contribution in [0.15, 0.2) is 40.6 Å². The Labute approximate surface area is 160 Å². The van der Waals surface area contributed by atoms with Gasteiger partial charge in [-0.2, -0.15) is 5.10 Å². The van der Waals surface area contributed by atoms with E-state index in [0.717, 1.165) is 23.2 Å². The third kappa shape index (κ3) is 3.07. The molecule has 4 rings (SSSR count). The van der Waals surface area contributed by atoms with E-state index in [0.29, 0.717) is 17.8 Å². The molecule has 0 saturated heterocycles. The first-order valence-corrected chi connectivity index (χ1v) is 10.8. The second-order valence-corrected chi connectivity index (χ2v) is 8.67. The molecule has 7 nitrogen and oxygen atoms in total. The van der Waals surface area contributed by atoms with Gasteiger partial charge in [-0.1, -0.05) is 0 Å². The first-order valence-electron chi connectivity index (χ1n) is 8.39. The first-order chi connectivity index (χ1) is 12.9. The highest BCUT2D eigenvalue weighted by Gasteiger charge is 2.30. The summed E-state index contributed by atoms with van der Waals surface area (Å²) in [6.45, 7) is 2.03. The lowest BCUT2D eigenvalue weighted by Crippen LogP contribution is -2.12. The van der Waals surface area contributed by atoms with E-state index in [-0.39, 0.29) is 11.5 Å². The zero-order chi connectivity index (χ0) is 19.2. The van der Waals surface area contributed by atoms with Gasteiger partial charge in [-0.15, -0.1) is 11.3 Å². The normalized spacial score (nSPS) is 13.1. The fourth-order valence-electron chi connectivity index (χ4n) is 3.27. The number of esters is 1. The Morgan fingerprint density at radius 2 is 2.00 bits per heavy atom. The lowest BCUT2D eigenvalue weighted by molar-refractivity contribution is 0.0517. The molecule has 0 spiro atoms. The predicted molar refractivity (Wildman–Crippen MR) is 102 cm³/mol. The number of hydrogen-bond acceptors (Lipinski definition) is 6. The second-order valence-electron chi connectivity index (χ2n) is 6.10. The Kier molecular flexibility index (Phi) is 4.37. The van der Waals surface area contributed by atoms with Gasteiger partial charge in [0.2, 0.25) is 10.0 Å². The van der Waals surface area contributed by atoms with Gasteiger partial charge in [0.05, 0.1) is 22.9 Å². The molecule has 27 heavy (non-hydrogen) atoms. The smallest absolute Gasteiger partial charge is 0.359 e. The van der Waals surface area contributed by atoms with Gasteiger partial charge < -0.3 is 4.74 Å². The summed E-state index contributed by atoms with van der Waals surface area (Å²) in [6.07, 6.45) is 1.55. The van der Waals surface area contributed by atoms with E-state index in [4.69, 9.17) is 9.88 Å². The third-order valence-electron chi connectivity index (χ3n) is 4.46. The fourth-order valence-corrected chi connectivity index (χ4v) is 4.67. The van der Waals surface area contributed by atoms with Gasteiger partial charge in [-0.25, -0.2) is 23.0 Å². The average molecular weight is 403 g/mol. The molecule has 2 aromatic heterocycles. The molecular weight excluding hydrogens is 386 g/mol. The molecule has 0 saturated carbocycles. The zero-order valence-corrected chi connectivity index (χ0v) is 16.1. The summed E-state index contributed by atoms with van der Waals surface area (Å²) in [5, 5.41) is 11.7. The van der Waals surface area contributed by atoms with Crippen LogP contribution in [0.1, 0.15) is 27.9 Å². The molecule has 1 aliphatic rings. The molecule has 0 unspecified atom stereocenters. The van der Waals surface area contributed by atoms with E-state index in [1.54, 1.807) is 35.1 Å². The molecule has 0 amide bonds. The highest BCUT2D eigenvalue weighted by Crippen LogP contribution is 2.39. The number of aromatic nitrogens is 2. The van der Waals surface area contributed by atoms with Gasteiger partial charge in [0.25, 0.3) is 0 Å². The predicted octanol–water partition coefficient (Wildman–Crippen LogP) is 2.52. The van der Waals surface area contributed by atoms with Crippen LogP contribution in [0.5, 0.6) is 0 Å². The topological polar surface area (TPSA) is 104 Å². The number of aryl methyl sites for hydroxylation is 1.